The van der Waals surface area contributed by atoms with E-state index in [4.69, 9.17) is 9.47 Å². The molecule has 0 radical (unpaired) electrons. The molecule has 0 spiro atoms. The van der Waals surface area contributed by atoms with Crippen molar-refractivity contribution in [2.45, 2.75) is 25.8 Å². The summed E-state index contributed by atoms with van der Waals surface area (Å²) < 4.78 is 10.3. The number of benzene rings is 1. The summed E-state index contributed by atoms with van der Waals surface area (Å²) in [6, 6.07) is 6.84. The molecule has 1 rings (SSSR count). The van der Waals surface area contributed by atoms with Gasteiger partial charge < -0.3 is 14.8 Å². The van der Waals surface area contributed by atoms with E-state index in [0.717, 1.165) is 31.6 Å². The average Bonchev–Trinajstić information content (AvgIpc) is 2.49. The highest BCUT2D eigenvalue weighted by Gasteiger charge is 2.10. The van der Waals surface area contributed by atoms with Gasteiger partial charge in [-0.1, -0.05) is 12.1 Å². The van der Waals surface area contributed by atoms with E-state index in [-0.39, 0.29) is 16.7 Å². The largest absolute Gasteiger partial charge is 0.382 e. The van der Waals surface area contributed by atoms with Gasteiger partial charge in [-0.15, -0.1) is 0 Å². The Balaban J connectivity index is 2.20. The van der Waals surface area contributed by atoms with Crippen molar-refractivity contribution in [3.8, 4) is 0 Å². The van der Waals surface area contributed by atoms with Crippen molar-refractivity contribution in [1.82, 2.24) is 5.32 Å². The van der Waals surface area contributed by atoms with E-state index in [9.17, 15) is 10.1 Å². The van der Waals surface area contributed by atoms with Crippen LogP contribution in [-0.4, -0.2) is 38.4 Å². The first-order valence-corrected chi connectivity index (χ1v) is 7.19. The molecule has 1 atom stereocenters. The normalized spacial score (nSPS) is 12.3. The molecule has 1 aromatic carbocycles. The van der Waals surface area contributed by atoms with Crippen LogP contribution in [-0.2, 0) is 9.47 Å². The monoisotopic (exact) mass is 296 g/mol. The molecule has 0 aliphatic heterocycles. The van der Waals surface area contributed by atoms with E-state index >= 15 is 0 Å². The number of hydrogen-bond acceptors (Lipinski definition) is 5. The molecule has 1 unspecified atom stereocenters. The number of unbranched alkanes of at least 4 members (excludes halogenated alkanes) is 1. The molecule has 0 aromatic heterocycles. The Morgan fingerprint density at radius 3 is 2.81 bits per heavy atom. The van der Waals surface area contributed by atoms with E-state index in [1.54, 1.807) is 19.2 Å². The van der Waals surface area contributed by atoms with E-state index in [1.807, 2.05) is 13.0 Å². The van der Waals surface area contributed by atoms with Crippen LogP contribution in [0.1, 0.15) is 31.4 Å². The molecule has 0 aliphatic carbocycles. The van der Waals surface area contributed by atoms with Crippen molar-refractivity contribution in [2.75, 3.05) is 33.5 Å². The summed E-state index contributed by atoms with van der Waals surface area (Å²) >= 11 is 0. The summed E-state index contributed by atoms with van der Waals surface area (Å²) in [4.78, 5) is 10.4. The minimum Gasteiger partial charge on any atom is -0.382 e. The SMILES string of the molecule is COCCOCCCCNC(C)c1cccc([N+](=O)[O-])c1. The fourth-order valence-corrected chi connectivity index (χ4v) is 1.92. The number of hydrogen-bond donors (Lipinski definition) is 1. The van der Waals surface area contributed by atoms with Gasteiger partial charge in [0.05, 0.1) is 18.1 Å². The van der Waals surface area contributed by atoms with Crippen LogP contribution in [0.15, 0.2) is 24.3 Å². The number of rotatable bonds is 11. The number of nitrogens with one attached hydrogen (secondary N) is 1. The third-order valence-electron chi connectivity index (χ3n) is 3.18. The molecule has 21 heavy (non-hydrogen) atoms. The molecule has 1 aromatic rings. The Kier molecular flexibility index (Phi) is 8.57. The van der Waals surface area contributed by atoms with Gasteiger partial charge in [0, 0.05) is 31.9 Å². The van der Waals surface area contributed by atoms with Gasteiger partial charge in [0.15, 0.2) is 0 Å². The predicted molar refractivity (Wildman–Crippen MR) is 81.4 cm³/mol. The molecule has 118 valence electrons. The molecule has 0 saturated heterocycles. The molecule has 0 heterocycles. The molecule has 0 bridgehead atoms. The van der Waals surface area contributed by atoms with Gasteiger partial charge in [-0.05, 0) is 31.9 Å². The highest BCUT2D eigenvalue weighted by atomic mass is 16.6. The van der Waals surface area contributed by atoms with Gasteiger partial charge in [0.25, 0.3) is 5.69 Å². The maximum atomic E-state index is 10.7. The number of non-ortho nitro benzene ring substituents is 1. The third-order valence-corrected chi connectivity index (χ3v) is 3.18. The van der Waals surface area contributed by atoms with Crippen LogP contribution in [0.25, 0.3) is 0 Å². The van der Waals surface area contributed by atoms with Crippen LogP contribution in [0.4, 0.5) is 5.69 Å². The summed E-state index contributed by atoms with van der Waals surface area (Å²) in [7, 11) is 1.66. The summed E-state index contributed by atoms with van der Waals surface area (Å²) in [5, 5.41) is 14.1. The van der Waals surface area contributed by atoms with Crippen molar-refractivity contribution in [3.63, 3.8) is 0 Å². The highest BCUT2D eigenvalue weighted by molar-refractivity contribution is 5.35. The zero-order valence-corrected chi connectivity index (χ0v) is 12.7. The van der Waals surface area contributed by atoms with Crippen molar-refractivity contribution in [3.05, 3.63) is 39.9 Å². The van der Waals surface area contributed by atoms with E-state index in [2.05, 4.69) is 5.32 Å². The van der Waals surface area contributed by atoms with Gasteiger partial charge in [-0.25, -0.2) is 0 Å². The van der Waals surface area contributed by atoms with Gasteiger partial charge in [0.1, 0.15) is 0 Å². The zero-order chi connectivity index (χ0) is 15.5. The second-order valence-corrected chi connectivity index (χ2v) is 4.84. The molecule has 0 fully saturated rings. The number of methoxy groups -OCH3 is 1. The minimum absolute atomic E-state index is 0.0966. The molecule has 6 heteroatoms. The first-order valence-electron chi connectivity index (χ1n) is 7.19. The first kappa shape index (κ1) is 17.6. The van der Waals surface area contributed by atoms with Gasteiger partial charge >= 0.3 is 0 Å². The Bertz CT molecular complexity index is 426. The van der Waals surface area contributed by atoms with Crippen molar-refractivity contribution in [1.29, 1.82) is 0 Å². The summed E-state index contributed by atoms with van der Waals surface area (Å²) in [6.45, 7) is 4.86. The highest BCUT2D eigenvalue weighted by Crippen LogP contribution is 2.18. The molecule has 6 nitrogen and oxygen atoms in total. The fraction of sp³-hybridized carbons (Fsp3) is 0.600. The quantitative estimate of drug-likeness (QED) is 0.386. The Hall–Kier alpha value is -1.50. The second-order valence-electron chi connectivity index (χ2n) is 4.84. The molecule has 0 saturated carbocycles. The molecule has 0 amide bonds. The number of nitro groups is 1. The average molecular weight is 296 g/mol. The molecular weight excluding hydrogens is 272 g/mol. The Morgan fingerprint density at radius 2 is 2.10 bits per heavy atom. The number of nitro benzene ring substituents is 1. The van der Waals surface area contributed by atoms with Crippen molar-refractivity contribution >= 4 is 5.69 Å². The van der Waals surface area contributed by atoms with Crippen LogP contribution < -0.4 is 5.32 Å². The van der Waals surface area contributed by atoms with Crippen molar-refractivity contribution < 1.29 is 14.4 Å². The van der Waals surface area contributed by atoms with Crippen molar-refractivity contribution in [2.24, 2.45) is 0 Å². The lowest BCUT2D eigenvalue weighted by Crippen LogP contribution is -2.20. The minimum atomic E-state index is -0.367. The predicted octanol–water partition coefficient (Wildman–Crippen LogP) is 2.69. The molecular formula is C15H24N2O4. The maximum Gasteiger partial charge on any atom is 0.269 e. The van der Waals surface area contributed by atoms with Crippen LogP contribution in [0, 0.1) is 10.1 Å². The standard InChI is InChI=1S/C15H24N2O4/c1-13(14-6-5-7-15(12-14)17(18)19)16-8-3-4-9-21-11-10-20-2/h5-7,12-13,16H,3-4,8-11H2,1-2H3. The van der Waals surface area contributed by atoms with Gasteiger partial charge in [-0.2, -0.15) is 0 Å². The first-order chi connectivity index (χ1) is 10.1. The Labute approximate surface area is 125 Å². The number of nitrogens with zero attached hydrogens (tertiary/aromatic N) is 1. The van der Waals surface area contributed by atoms with Crippen LogP contribution >= 0.6 is 0 Å². The van der Waals surface area contributed by atoms with Gasteiger partial charge in [0.2, 0.25) is 0 Å². The second kappa shape index (κ2) is 10.3. The lowest BCUT2D eigenvalue weighted by Gasteiger charge is -2.14. The van der Waals surface area contributed by atoms with Gasteiger partial charge in [-0.3, -0.25) is 10.1 Å². The maximum absolute atomic E-state index is 10.7. The molecule has 0 aliphatic rings. The smallest absolute Gasteiger partial charge is 0.269 e. The summed E-state index contributed by atoms with van der Waals surface area (Å²) in [5.41, 5.74) is 1.06. The Morgan fingerprint density at radius 1 is 1.29 bits per heavy atom. The summed E-state index contributed by atoms with van der Waals surface area (Å²) in [5.74, 6) is 0. The van der Waals surface area contributed by atoms with E-state index in [1.165, 1.54) is 6.07 Å². The van der Waals surface area contributed by atoms with Crippen LogP contribution in [0.5, 0.6) is 0 Å². The third kappa shape index (κ3) is 7.17. The topological polar surface area (TPSA) is 73.6 Å². The van der Waals surface area contributed by atoms with Crippen LogP contribution in [0.3, 0.4) is 0 Å². The van der Waals surface area contributed by atoms with E-state index in [0.29, 0.717) is 13.2 Å². The zero-order valence-electron chi connectivity index (χ0n) is 12.7. The fourth-order valence-electron chi connectivity index (χ4n) is 1.92. The lowest BCUT2D eigenvalue weighted by atomic mass is 10.1. The van der Waals surface area contributed by atoms with E-state index < -0.39 is 0 Å². The number of ether oxygens (including phenoxy) is 2. The summed E-state index contributed by atoms with van der Waals surface area (Å²) in [6.07, 6.45) is 1.99. The molecule has 1 N–H and O–H groups in total. The van der Waals surface area contributed by atoms with Crippen LogP contribution in [0.2, 0.25) is 0 Å². The lowest BCUT2D eigenvalue weighted by molar-refractivity contribution is -0.384.